The lowest BCUT2D eigenvalue weighted by molar-refractivity contribution is -0.118. The number of nitrogens with one attached hydrogen (secondary N) is 2. The van der Waals surface area contributed by atoms with Crippen molar-refractivity contribution in [2.45, 2.75) is 39.4 Å². The molecule has 0 saturated carbocycles. The first-order valence-corrected chi connectivity index (χ1v) is 8.35. The predicted octanol–water partition coefficient (Wildman–Crippen LogP) is 0.951. The summed E-state index contributed by atoms with van der Waals surface area (Å²) in [6.07, 6.45) is 2.63. The summed E-state index contributed by atoms with van der Waals surface area (Å²) in [7, 11) is 0. The van der Waals surface area contributed by atoms with Gasteiger partial charge in [0.05, 0.1) is 17.8 Å². The summed E-state index contributed by atoms with van der Waals surface area (Å²) in [6, 6.07) is 3.66. The standard InChI is InChI=1S/C17H26N4O3/c1-12-10-21(11-13(2)24-12)16-6-5-15(9-20-16)17(23)19-8-4-7-18-14(3)22/h5-6,9,12-13H,4,7-8,10-11H2,1-3H3,(H,18,22)(H,19,23)/t12-,13-/m0/s1. The summed E-state index contributed by atoms with van der Waals surface area (Å²) in [5.41, 5.74) is 0.535. The van der Waals surface area contributed by atoms with E-state index in [0.717, 1.165) is 18.9 Å². The third-order valence-corrected chi connectivity index (χ3v) is 3.77. The van der Waals surface area contributed by atoms with Crippen LogP contribution in [0.4, 0.5) is 5.82 Å². The zero-order valence-electron chi connectivity index (χ0n) is 14.5. The minimum Gasteiger partial charge on any atom is -0.372 e. The Labute approximate surface area is 142 Å². The third-order valence-electron chi connectivity index (χ3n) is 3.77. The molecule has 1 aromatic rings. The van der Waals surface area contributed by atoms with E-state index in [2.05, 4.69) is 20.5 Å². The zero-order chi connectivity index (χ0) is 17.5. The largest absolute Gasteiger partial charge is 0.372 e. The van der Waals surface area contributed by atoms with E-state index in [1.165, 1.54) is 6.92 Å². The molecule has 1 saturated heterocycles. The van der Waals surface area contributed by atoms with Gasteiger partial charge in [-0.2, -0.15) is 0 Å². The van der Waals surface area contributed by atoms with Gasteiger partial charge in [-0.3, -0.25) is 9.59 Å². The molecule has 0 aliphatic carbocycles. The maximum Gasteiger partial charge on any atom is 0.252 e. The van der Waals surface area contributed by atoms with E-state index in [9.17, 15) is 9.59 Å². The van der Waals surface area contributed by atoms with Crippen molar-refractivity contribution in [1.29, 1.82) is 0 Å². The topological polar surface area (TPSA) is 83.6 Å². The molecule has 1 aliphatic heterocycles. The van der Waals surface area contributed by atoms with Crippen LogP contribution >= 0.6 is 0 Å². The van der Waals surface area contributed by atoms with Crippen molar-refractivity contribution < 1.29 is 14.3 Å². The summed E-state index contributed by atoms with van der Waals surface area (Å²) in [5.74, 6) is 0.646. The highest BCUT2D eigenvalue weighted by Gasteiger charge is 2.23. The summed E-state index contributed by atoms with van der Waals surface area (Å²) in [4.78, 5) is 29.4. The Morgan fingerprint density at radius 1 is 1.21 bits per heavy atom. The van der Waals surface area contributed by atoms with Gasteiger partial charge in [0.25, 0.3) is 5.91 Å². The first-order chi connectivity index (χ1) is 11.5. The monoisotopic (exact) mass is 334 g/mol. The van der Waals surface area contributed by atoms with Gasteiger partial charge in [0, 0.05) is 39.3 Å². The SMILES string of the molecule is CC(=O)NCCCNC(=O)c1ccc(N2C[C@H](C)O[C@@H](C)C2)nc1. The predicted molar refractivity (Wildman–Crippen MR) is 92.1 cm³/mol. The number of pyridine rings is 1. The molecule has 0 radical (unpaired) electrons. The number of anilines is 1. The molecule has 1 aliphatic rings. The van der Waals surface area contributed by atoms with Crippen LogP contribution in [-0.4, -0.2) is 55.2 Å². The lowest BCUT2D eigenvalue weighted by Crippen LogP contribution is -2.45. The van der Waals surface area contributed by atoms with Crippen LogP contribution in [0.3, 0.4) is 0 Å². The van der Waals surface area contributed by atoms with Crippen LogP contribution in [0.2, 0.25) is 0 Å². The van der Waals surface area contributed by atoms with Crippen LogP contribution in [0, 0.1) is 0 Å². The van der Waals surface area contributed by atoms with E-state index in [4.69, 9.17) is 4.74 Å². The average molecular weight is 334 g/mol. The number of aromatic nitrogens is 1. The Morgan fingerprint density at radius 2 is 1.88 bits per heavy atom. The van der Waals surface area contributed by atoms with Crippen molar-refractivity contribution in [3.63, 3.8) is 0 Å². The summed E-state index contributed by atoms with van der Waals surface area (Å²) in [6.45, 7) is 8.23. The van der Waals surface area contributed by atoms with Crippen molar-refractivity contribution >= 4 is 17.6 Å². The van der Waals surface area contributed by atoms with E-state index in [1.807, 2.05) is 19.9 Å². The number of nitrogens with zero attached hydrogens (tertiary/aromatic N) is 2. The van der Waals surface area contributed by atoms with Gasteiger partial charge in [-0.15, -0.1) is 0 Å². The first-order valence-electron chi connectivity index (χ1n) is 8.35. The molecule has 2 N–H and O–H groups in total. The number of morpholine rings is 1. The molecule has 7 nitrogen and oxygen atoms in total. The maximum absolute atomic E-state index is 12.1. The summed E-state index contributed by atoms with van der Waals surface area (Å²) >= 11 is 0. The molecule has 24 heavy (non-hydrogen) atoms. The van der Waals surface area contributed by atoms with Gasteiger partial charge in [0.2, 0.25) is 5.91 Å². The Bertz CT molecular complexity index is 551. The fraction of sp³-hybridized carbons (Fsp3) is 0.588. The fourth-order valence-electron chi connectivity index (χ4n) is 2.73. The maximum atomic E-state index is 12.1. The second-order valence-electron chi connectivity index (χ2n) is 6.16. The van der Waals surface area contributed by atoms with E-state index in [0.29, 0.717) is 25.1 Å². The minimum absolute atomic E-state index is 0.0622. The Kier molecular flexibility index (Phi) is 6.54. The number of ether oxygens (including phenoxy) is 1. The number of carbonyl (C=O) groups excluding carboxylic acids is 2. The Morgan fingerprint density at radius 3 is 2.46 bits per heavy atom. The second kappa shape index (κ2) is 8.63. The van der Waals surface area contributed by atoms with Crippen LogP contribution in [-0.2, 0) is 9.53 Å². The van der Waals surface area contributed by atoms with Crippen LogP contribution in [0.1, 0.15) is 37.6 Å². The Balaban J connectivity index is 1.82. The molecule has 1 fully saturated rings. The van der Waals surface area contributed by atoms with Gasteiger partial charge in [-0.05, 0) is 32.4 Å². The summed E-state index contributed by atoms with van der Waals surface area (Å²) in [5, 5.41) is 5.51. The number of hydrogen-bond acceptors (Lipinski definition) is 5. The van der Waals surface area contributed by atoms with Crippen LogP contribution < -0.4 is 15.5 Å². The highest BCUT2D eigenvalue weighted by atomic mass is 16.5. The van der Waals surface area contributed by atoms with Crippen LogP contribution in [0.15, 0.2) is 18.3 Å². The normalized spacial score (nSPS) is 20.5. The van der Waals surface area contributed by atoms with Crippen molar-refractivity contribution in [2.75, 3.05) is 31.1 Å². The van der Waals surface area contributed by atoms with Gasteiger partial charge in [0.1, 0.15) is 5.82 Å². The third kappa shape index (κ3) is 5.49. The average Bonchev–Trinajstić information content (AvgIpc) is 2.53. The molecule has 132 valence electrons. The number of rotatable bonds is 6. The van der Waals surface area contributed by atoms with Gasteiger partial charge >= 0.3 is 0 Å². The van der Waals surface area contributed by atoms with Crippen molar-refractivity contribution in [3.05, 3.63) is 23.9 Å². The van der Waals surface area contributed by atoms with Crippen molar-refractivity contribution in [2.24, 2.45) is 0 Å². The second-order valence-corrected chi connectivity index (χ2v) is 6.16. The molecule has 2 heterocycles. The number of amides is 2. The Hall–Kier alpha value is -2.15. The van der Waals surface area contributed by atoms with Crippen molar-refractivity contribution in [1.82, 2.24) is 15.6 Å². The molecule has 2 amide bonds. The van der Waals surface area contributed by atoms with Crippen molar-refractivity contribution in [3.8, 4) is 0 Å². The molecular formula is C17H26N4O3. The lowest BCUT2D eigenvalue weighted by Gasteiger charge is -2.36. The quantitative estimate of drug-likeness (QED) is 0.757. The minimum atomic E-state index is -0.152. The van der Waals surface area contributed by atoms with E-state index < -0.39 is 0 Å². The van der Waals surface area contributed by atoms with Gasteiger partial charge in [0.15, 0.2) is 0 Å². The van der Waals surface area contributed by atoms with E-state index in [1.54, 1.807) is 12.3 Å². The van der Waals surface area contributed by atoms with Crippen LogP contribution in [0.25, 0.3) is 0 Å². The van der Waals surface area contributed by atoms with Gasteiger partial charge in [-0.1, -0.05) is 0 Å². The van der Waals surface area contributed by atoms with Gasteiger partial charge in [-0.25, -0.2) is 4.98 Å². The van der Waals surface area contributed by atoms with Gasteiger partial charge < -0.3 is 20.3 Å². The number of hydrogen-bond donors (Lipinski definition) is 2. The molecule has 0 unspecified atom stereocenters. The molecule has 2 atom stereocenters. The molecule has 0 spiro atoms. The summed E-state index contributed by atoms with van der Waals surface area (Å²) < 4.78 is 5.72. The number of carbonyl (C=O) groups is 2. The van der Waals surface area contributed by atoms with Crippen LogP contribution in [0.5, 0.6) is 0 Å². The van der Waals surface area contributed by atoms with E-state index >= 15 is 0 Å². The zero-order valence-corrected chi connectivity index (χ0v) is 14.5. The highest BCUT2D eigenvalue weighted by molar-refractivity contribution is 5.94. The molecule has 0 aromatic carbocycles. The first kappa shape index (κ1) is 18.2. The van der Waals surface area contributed by atoms with E-state index in [-0.39, 0.29) is 24.0 Å². The molecular weight excluding hydrogens is 308 g/mol. The highest BCUT2D eigenvalue weighted by Crippen LogP contribution is 2.18. The molecule has 2 rings (SSSR count). The lowest BCUT2D eigenvalue weighted by atomic mass is 10.2. The molecule has 7 heteroatoms. The molecule has 1 aromatic heterocycles. The fourth-order valence-corrected chi connectivity index (χ4v) is 2.73. The smallest absolute Gasteiger partial charge is 0.252 e. The molecule has 0 bridgehead atoms.